The number of hydrogen-bond acceptors (Lipinski definition) is 4. The molecule has 1 heterocycles. The molecular weight excluding hydrogens is 249 g/mol. The Morgan fingerprint density at radius 2 is 1.88 bits per heavy atom. The van der Waals surface area contributed by atoms with Crippen LogP contribution in [-0.4, -0.2) is 13.4 Å². The van der Waals surface area contributed by atoms with E-state index < -0.39 is 15.2 Å². The highest BCUT2D eigenvalue weighted by Crippen LogP contribution is 2.33. The monoisotopic (exact) mass is 257 g/mol. The average Bonchev–Trinajstić information content (AvgIpc) is 2.61. The number of halogens is 1. The highest BCUT2D eigenvalue weighted by Gasteiger charge is 2.23. The number of hydrogen-bond donors (Lipinski definition) is 0. The summed E-state index contributed by atoms with van der Waals surface area (Å²) >= 11 is 1.16. The number of thiazole rings is 1. The first kappa shape index (κ1) is 11.2. The molecular formula is C10H8FNO2S2. The van der Waals surface area contributed by atoms with Crippen molar-refractivity contribution in [2.24, 2.45) is 0 Å². The zero-order valence-corrected chi connectivity index (χ0v) is 9.98. The van der Waals surface area contributed by atoms with E-state index in [2.05, 4.69) is 4.98 Å². The first-order valence-electron chi connectivity index (χ1n) is 4.46. The summed E-state index contributed by atoms with van der Waals surface area (Å²) < 4.78 is 34.8. The zero-order valence-electron chi connectivity index (χ0n) is 8.34. The number of aryl methyl sites for hydroxylation is 1. The van der Waals surface area contributed by atoms with Gasteiger partial charge in [0.25, 0.3) is 0 Å². The molecule has 0 saturated heterocycles. The summed E-state index contributed by atoms with van der Waals surface area (Å²) in [6, 6.07) is 8.78. The normalized spacial score (nSPS) is 11.6. The van der Waals surface area contributed by atoms with E-state index in [1.165, 1.54) is 0 Å². The van der Waals surface area contributed by atoms with Gasteiger partial charge in [-0.3, -0.25) is 0 Å². The highest BCUT2D eigenvalue weighted by molar-refractivity contribution is 7.86. The van der Waals surface area contributed by atoms with Crippen molar-refractivity contribution in [3.8, 4) is 10.4 Å². The first-order valence-corrected chi connectivity index (χ1v) is 6.66. The van der Waals surface area contributed by atoms with Crippen LogP contribution in [0.4, 0.5) is 3.89 Å². The molecule has 0 radical (unpaired) electrons. The van der Waals surface area contributed by atoms with Crippen LogP contribution < -0.4 is 0 Å². The van der Waals surface area contributed by atoms with Crippen molar-refractivity contribution >= 4 is 21.6 Å². The van der Waals surface area contributed by atoms with E-state index in [1.54, 1.807) is 37.3 Å². The van der Waals surface area contributed by atoms with E-state index >= 15 is 0 Å². The Hall–Kier alpha value is -1.27. The van der Waals surface area contributed by atoms with E-state index in [0.717, 1.165) is 11.3 Å². The van der Waals surface area contributed by atoms with Gasteiger partial charge in [-0.2, -0.15) is 8.42 Å². The molecule has 0 amide bonds. The molecule has 2 aromatic rings. The molecule has 0 spiro atoms. The first-order chi connectivity index (χ1) is 7.48. The Bertz CT molecular complexity index is 605. The molecule has 0 aliphatic rings. The second-order valence-electron chi connectivity index (χ2n) is 3.17. The lowest BCUT2D eigenvalue weighted by Gasteiger charge is -1.97. The fourth-order valence-electron chi connectivity index (χ4n) is 1.35. The summed E-state index contributed by atoms with van der Waals surface area (Å²) in [7, 11) is -4.76. The molecule has 3 nitrogen and oxygen atoms in total. The van der Waals surface area contributed by atoms with Crippen molar-refractivity contribution in [2.75, 3.05) is 0 Å². The van der Waals surface area contributed by atoms with Crippen LogP contribution in [0, 0.1) is 6.92 Å². The van der Waals surface area contributed by atoms with Gasteiger partial charge in [0, 0.05) is 0 Å². The van der Waals surface area contributed by atoms with Gasteiger partial charge in [-0.15, -0.1) is 11.3 Å². The second-order valence-corrected chi connectivity index (χ2v) is 5.64. The van der Waals surface area contributed by atoms with E-state index in [1.807, 2.05) is 0 Å². The maximum atomic E-state index is 13.0. The molecule has 0 saturated carbocycles. The van der Waals surface area contributed by atoms with Crippen molar-refractivity contribution in [3.63, 3.8) is 0 Å². The third-order valence-electron chi connectivity index (χ3n) is 1.97. The molecule has 1 aromatic carbocycles. The molecule has 2 rings (SSSR count). The second kappa shape index (κ2) is 3.95. The molecule has 6 heteroatoms. The SMILES string of the molecule is Cc1nc(S(=O)(=O)F)c(-c2ccccc2)s1. The summed E-state index contributed by atoms with van der Waals surface area (Å²) in [6.45, 7) is 1.64. The lowest BCUT2D eigenvalue weighted by atomic mass is 10.2. The predicted octanol–water partition coefficient (Wildman–Crippen LogP) is 2.78. The lowest BCUT2D eigenvalue weighted by Crippen LogP contribution is -1.94. The minimum absolute atomic E-state index is 0.348. The Balaban J connectivity index is 2.67. The molecule has 16 heavy (non-hydrogen) atoms. The maximum absolute atomic E-state index is 13.0. The molecule has 0 aliphatic carbocycles. The van der Waals surface area contributed by atoms with Gasteiger partial charge in [-0.05, 0) is 12.5 Å². The van der Waals surface area contributed by atoms with Gasteiger partial charge in [0.05, 0.1) is 9.88 Å². The zero-order chi connectivity index (χ0) is 11.8. The lowest BCUT2D eigenvalue weighted by molar-refractivity contribution is 0.549. The Kier molecular flexibility index (Phi) is 2.77. The average molecular weight is 257 g/mol. The van der Waals surface area contributed by atoms with Crippen molar-refractivity contribution in [3.05, 3.63) is 35.3 Å². The van der Waals surface area contributed by atoms with Crippen LogP contribution in [0.15, 0.2) is 35.4 Å². The largest absolute Gasteiger partial charge is 0.351 e. The number of rotatable bonds is 2. The Morgan fingerprint density at radius 1 is 1.25 bits per heavy atom. The summed E-state index contributed by atoms with van der Waals surface area (Å²) in [4.78, 5) is 4.06. The van der Waals surface area contributed by atoms with Crippen molar-refractivity contribution < 1.29 is 12.3 Å². The predicted molar refractivity (Wildman–Crippen MR) is 60.6 cm³/mol. The van der Waals surface area contributed by atoms with E-state index in [9.17, 15) is 12.3 Å². The number of nitrogens with zero attached hydrogens (tertiary/aromatic N) is 1. The molecule has 0 atom stereocenters. The Labute approximate surface area is 96.8 Å². The van der Waals surface area contributed by atoms with E-state index in [4.69, 9.17) is 0 Å². The van der Waals surface area contributed by atoms with Gasteiger partial charge < -0.3 is 0 Å². The van der Waals surface area contributed by atoms with E-state index in [-0.39, 0.29) is 0 Å². The molecule has 1 aromatic heterocycles. The van der Waals surface area contributed by atoms with E-state index in [0.29, 0.717) is 15.4 Å². The van der Waals surface area contributed by atoms with Gasteiger partial charge in [-0.1, -0.05) is 34.2 Å². The third-order valence-corrected chi connectivity index (χ3v) is 3.88. The molecule has 84 valence electrons. The van der Waals surface area contributed by atoms with Gasteiger partial charge in [0.1, 0.15) is 0 Å². The van der Waals surface area contributed by atoms with Crippen LogP contribution in [0.2, 0.25) is 0 Å². The Morgan fingerprint density at radius 3 is 2.44 bits per heavy atom. The van der Waals surface area contributed by atoms with Crippen molar-refractivity contribution in [1.29, 1.82) is 0 Å². The van der Waals surface area contributed by atoms with Gasteiger partial charge in [0.15, 0.2) is 0 Å². The van der Waals surface area contributed by atoms with Crippen molar-refractivity contribution in [1.82, 2.24) is 4.98 Å². The van der Waals surface area contributed by atoms with Crippen LogP contribution in [0.3, 0.4) is 0 Å². The van der Waals surface area contributed by atoms with Crippen LogP contribution in [0.25, 0.3) is 10.4 Å². The molecule has 0 N–H and O–H groups in total. The molecule has 0 bridgehead atoms. The summed E-state index contributed by atoms with van der Waals surface area (Å²) in [5.74, 6) is 0. The number of benzene rings is 1. The fourth-order valence-corrected chi connectivity index (χ4v) is 3.23. The van der Waals surface area contributed by atoms with Gasteiger partial charge >= 0.3 is 10.2 Å². The molecule has 0 aliphatic heterocycles. The topological polar surface area (TPSA) is 47.0 Å². The molecule has 0 fully saturated rings. The third kappa shape index (κ3) is 2.12. The van der Waals surface area contributed by atoms with Crippen LogP contribution >= 0.6 is 11.3 Å². The van der Waals surface area contributed by atoms with Gasteiger partial charge in [0.2, 0.25) is 5.03 Å². The number of aromatic nitrogens is 1. The fraction of sp³-hybridized carbons (Fsp3) is 0.100. The standard InChI is InChI=1S/C10H8FNO2S2/c1-7-12-10(16(11,13)14)9(15-7)8-5-3-2-4-6-8/h2-6H,1H3. The smallest absolute Gasteiger partial charge is 0.227 e. The quantitative estimate of drug-likeness (QED) is 0.777. The summed E-state index contributed by atoms with van der Waals surface area (Å²) in [5, 5.41) is 0.0382. The van der Waals surface area contributed by atoms with Crippen molar-refractivity contribution in [2.45, 2.75) is 11.9 Å². The maximum Gasteiger partial charge on any atom is 0.351 e. The van der Waals surface area contributed by atoms with Crippen LogP contribution in [0.5, 0.6) is 0 Å². The minimum atomic E-state index is -4.76. The molecule has 0 unspecified atom stereocenters. The van der Waals surface area contributed by atoms with Crippen LogP contribution in [0.1, 0.15) is 5.01 Å². The minimum Gasteiger partial charge on any atom is -0.227 e. The summed E-state index contributed by atoms with van der Waals surface area (Å²) in [5.41, 5.74) is 0.657. The summed E-state index contributed by atoms with van der Waals surface area (Å²) in [6.07, 6.45) is 0. The van der Waals surface area contributed by atoms with Gasteiger partial charge in [-0.25, -0.2) is 4.98 Å². The van der Waals surface area contributed by atoms with Crippen LogP contribution in [-0.2, 0) is 10.2 Å². The highest BCUT2D eigenvalue weighted by atomic mass is 32.3.